The minimum atomic E-state index is -0.800. The highest BCUT2D eigenvalue weighted by Crippen LogP contribution is 2.36. The number of rotatable bonds is 9. The Balaban J connectivity index is 3.96. The largest absolute Gasteiger partial charge is 0.481 e. The molecule has 0 spiro atoms. The smallest absolute Gasteiger partial charge is 0.304 e. The Morgan fingerprint density at radius 1 is 0.938 bits per heavy atom. The highest BCUT2D eigenvalue weighted by molar-refractivity contribution is 8.77. The summed E-state index contributed by atoms with van der Waals surface area (Å²) >= 11 is 0. The summed E-state index contributed by atoms with van der Waals surface area (Å²) in [5, 5.41) is 17.5. The number of carboxylic acids is 2. The first-order valence-corrected chi connectivity index (χ1v) is 7.52. The fourth-order valence-corrected chi connectivity index (χ4v) is 4.21. The zero-order chi connectivity index (χ0) is 12.6. The maximum absolute atomic E-state index is 10.5. The highest BCUT2D eigenvalue weighted by Gasteiger charge is 2.17. The molecule has 2 unspecified atom stereocenters. The molecule has 4 nitrogen and oxygen atoms in total. The van der Waals surface area contributed by atoms with E-state index in [0.717, 1.165) is 12.8 Å². The van der Waals surface area contributed by atoms with Gasteiger partial charge in [0.05, 0.1) is 12.8 Å². The number of carbonyl (C=O) groups is 2. The van der Waals surface area contributed by atoms with Crippen LogP contribution in [-0.2, 0) is 9.59 Å². The fourth-order valence-electron chi connectivity index (χ4n) is 1.04. The van der Waals surface area contributed by atoms with Crippen molar-refractivity contribution < 1.29 is 19.8 Å². The van der Waals surface area contributed by atoms with Crippen molar-refractivity contribution >= 4 is 33.5 Å². The first-order valence-electron chi connectivity index (χ1n) is 5.25. The van der Waals surface area contributed by atoms with Crippen LogP contribution in [0.5, 0.6) is 0 Å². The van der Waals surface area contributed by atoms with Crippen molar-refractivity contribution in [2.75, 3.05) is 0 Å². The van der Waals surface area contributed by atoms with Crippen LogP contribution in [0.25, 0.3) is 0 Å². The van der Waals surface area contributed by atoms with E-state index in [2.05, 4.69) is 0 Å². The van der Waals surface area contributed by atoms with Crippen molar-refractivity contribution in [3.63, 3.8) is 0 Å². The van der Waals surface area contributed by atoms with E-state index in [0.29, 0.717) is 0 Å². The molecule has 0 saturated heterocycles. The van der Waals surface area contributed by atoms with Crippen LogP contribution in [0.2, 0.25) is 0 Å². The molecule has 0 aliphatic heterocycles. The molecule has 0 heterocycles. The lowest BCUT2D eigenvalue weighted by Crippen LogP contribution is -2.11. The van der Waals surface area contributed by atoms with Crippen molar-refractivity contribution in [1.82, 2.24) is 0 Å². The molecule has 16 heavy (non-hydrogen) atoms. The van der Waals surface area contributed by atoms with Gasteiger partial charge in [-0.1, -0.05) is 35.4 Å². The molecule has 0 aliphatic carbocycles. The summed E-state index contributed by atoms with van der Waals surface area (Å²) in [5.74, 6) is -1.60. The number of carboxylic acid groups (broad SMARTS) is 2. The molecule has 0 amide bonds. The van der Waals surface area contributed by atoms with Gasteiger partial charge in [-0.2, -0.15) is 0 Å². The second-order valence-electron chi connectivity index (χ2n) is 3.45. The molecule has 0 aliphatic rings. The predicted octanol–water partition coefficient (Wildman–Crippen LogP) is 2.87. The van der Waals surface area contributed by atoms with E-state index in [4.69, 9.17) is 10.2 Å². The van der Waals surface area contributed by atoms with E-state index >= 15 is 0 Å². The average Bonchev–Trinajstić information content (AvgIpc) is 2.20. The van der Waals surface area contributed by atoms with Gasteiger partial charge in [-0.05, 0) is 12.8 Å². The normalized spacial score (nSPS) is 14.4. The number of hydrogen-bond acceptors (Lipinski definition) is 4. The second-order valence-corrected chi connectivity index (χ2v) is 6.32. The number of hydrogen-bond donors (Lipinski definition) is 2. The summed E-state index contributed by atoms with van der Waals surface area (Å²) in [4.78, 5) is 21.1. The van der Waals surface area contributed by atoms with Crippen molar-refractivity contribution in [3.8, 4) is 0 Å². The summed E-state index contributed by atoms with van der Waals surface area (Å²) in [6.07, 6.45) is 1.84. The van der Waals surface area contributed by atoms with E-state index in [1.54, 1.807) is 0 Å². The van der Waals surface area contributed by atoms with Gasteiger partial charge in [-0.15, -0.1) is 0 Å². The minimum absolute atomic E-state index is 0.0605. The predicted molar refractivity (Wildman–Crippen MR) is 67.8 cm³/mol. The summed E-state index contributed by atoms with van der Waals surface area (Å²) in [7, 11) is 2.99. The minimum Gasteiger partial charge on any atom is -0.481 e. The van der Waals surface area contributed by atoms with E-state index in [9.17, 15) is 9.59 Å². The first kappa shape index (κ1) is 15.6. The molecule has 0 radical (unpaired) electrons. The Kier molecular flexibility index (Phi) is 8.56. The highest BCUT2D eigenvalue weighted by atomic mass is 33.1. The van der Waals surface area contributed by atoms with Gasteiger partial charge in [0.15, 0.2) is 0 Å². The molecular formula is C10H18O4S2. The summed E-state index contributed by atoms with van der Waals surface area (Å²) in [6, 6.07) is 0. The third kappa shape index (κ3) is 7.87. The van der Waals surface area contributed by atoms with Crippen LogP contribution in [0.4, 0.5) is 0 Å². The van der Waals surface area contributed by atoms with E-state index in [1.165, 1.54) is 21.6 Å². The summed E-state index contributed by atoms with van der Waals surface area (Å²) < 4.78 is 0. The second kappa shape index (κ2) is 8.75. The Hall–Kier alpha value is -0.360. The van der Waals surface area contributed by atoms with Crippen LogP contribution in [0.3, 0.4) is 0 Å². The van der Waals surface area contributed by atoms with Crippen molar-refractivity contribution in [2.24, 2.45) is 0 Å². The van der Waals surface area contributed by atoms with Crippen LogP contribution in [-0.4, -0.2) is 32.7 Å². The summed E-state index contributed by atoms with van der Waals surface area (Å²) in [6.45, 7) is 3.89. The molecule has 94 valence electrons. The van der Waals surface area contributed by atoms with Crippen LogP contribution in [0.1, 0.15) is 39.5 Å². The van der Waals surface area contributed by atoms with Crippen LogP contribution in [0.15, 0.2) is 0 Å². The van der Waals surface area contributed by atoms with Gasteiger partial charge in [-0.25, -0.2) is 0 Å². The van der Waals surface area contributed by atoms with Gasteiger partial charge in [0.25, 0.3) is 0 Å². The Bertz CT molecular complexity index is 209. The van der Waals surface area contributed by atoms with Crippen molar-refractivity contribution in [1.29, 1.82) is 0 Å². The van der Waals surface area contributed by atoms with Gasteiger partial charge < -0.3 is 10.2 Å². The molecule has 0 fully saturated rings. The monoisotopic (exact) mass is 266 g/mol. The Morgan fingerprint density at radius 3 is 1.44 bits per heavy atom. The van der Waals surface area contributed by atoms with Crippen LogP contribution < -0.4 is 0 Å². The van der Waals surface area contributed by atoms with Crippen LogP contribution >= 0.6 is 21.6 Å². The lowest BCUT2D eigenvalue weighted by molar-refractivity contribution is -0.138. The molecule has 0 aromatic heterocycles. The molecule has 2 N–H and O–H groups in total. The topological polar surface area (TPSA) is 74.6 Å². The Morgan fingerprint density at radius 2 is 1.25 bits per heavy atom. The average molecular weight is 266 g/mol. The van der Waals surface area contributed by atoms with Gasteiger partial charge in [0, 0.05) is 10.5 Å². The molecule has 0 aromatic rings. The number of aliphatic carboxylic acids is 2. The van der Waals surface area contributed by atoms with Crippen molar-refractivity contribution in [2.45, 2.75) is 50.0 Å². The fraction of sp³-hybridized carbons (Fsp3) is 0.800. The lowest BCUT2D eigenvalue weighted by Gasteiger charge is -2.15. The molecule has 0 saturated carbocycles. The molecule has 2 atom stereocenters. The zero-order valence-corrected chi connectivity index (χ0v) is 11.1. The maximum Gasteiger partial charge on any atom is 0.304 e. The standard InChI is InChI=1S/C10H18O4S2/c1-3-7(5-9(11)12)15-16-8(4-2)6-10(13)14/h7-8H,3-6H2,1-2H3,(H,11,12)(H,13,14). The van der Waals surface area contributed by atoms with Gasteiger partial charge in [0.2, 0.25) is 0 Å². The first-order chi connectivity index (χ1) is 7.49. The van der Waals surface area contributed by atoms with Gasteiger partial charge in [0.1, 0.15) is 0 Å². The summed E-state index contributed by atoms with van der Waals surface area (Å²) in [5.41, 5.74) is 0. The quantitative estimate of drug-likeness (QED) is 0.625. The van der Waals surface area contributed by atoms with Gasteiger partial charge >= 0.3 is 11.9 Å². The molecule has 0 rings (SSSR count). The van der Waals surface area contributed by atoms with E-state index in [1.807, 2.05) is 13.8 Å². The molecule has 0 aromatic carbocycles. The molecule has 6 heteroatoms. The van der Waals surface area contributed by atoms with Crippen LogP contribution in [0, 0.1) is 0 Å². The maximum atomic E-state index is 10.5. The molecule has 0 bridgehead atoms. The lowest BCUT2D eigenvalue weighted by atomic mass is 10.2. The van der Waals surface area contributed by atoms with E-state index < -0.39 is 11.9 Å². The van der Waals surface area contributed by atoms with Crippen molar-refractivity contribution in [3.05, 3.63) is 0 Å². The third-order valence-electron chi connectivity index (χ3n) is 2.04. The Labute approximate surface area is 104 Å². The van der Waals surface area contributed by atoms with Gasteiger partial charge in [-0.3, -0.25) is 9.59 Å². The third-order valence-corrected chi connectivity index (χ3v) is 5.66. The molecular weight excluding hydrogens is 248 g/mol. The van der Waals surface area contributed by atoms with E-state index in [-0.39, 0.29) is 23.3 Å². The zero-order valence-electron chi connectivity index (χ0n) is 9.51. The SMILES string of the molecule is CCC(CC(=O)O)SSC(CC)CC(=O)O.